The summed E-state index contributed by atoms with van der Waals surface area (Å²) < 4.78 is 9.88. The van der Waals surface area contributed by atoms with Gasteiger partial charge in [0.15, 0.2) is 0 Å². The van der Waals surface area contributed by atoms with Gasteiger partial charge in [-0.05, 0) is 44.9 Å². The third kappa shape index (κ3) is 5.55. The van der Waals surface area contributed by atoms with Crippen molar-refractivity contribution >= 4 is 11.9 Å². The van der Waals surface area contributed by atoms with Crippen LogP contribution in [0.1, 0.15) is 43.1 Å². The molecular weight excluding hydrogens is 244 g/mol. The minimum atomic E-state index is -0.515. The summed E-state index contributed by atoms with van der Waals surface area (Å²) in [6, 6.07) is 7.11. The Morgan fingerprint density at radius 3 is 2.47 bits per heavy atom. The van der Waals surface area contributed by atoms with E-state index in [9.17, 15) is 9.59 Å². The SMILES string of the molecule is COC(=O)CCc1cccc(C(=O)OC(C)(C)C)c1. The molecule has 1 rings (SSSR count). The molecule has 0 N–H and O–H groups in total. The Hall–Kier alpha value is -1.84. The van der Waals surface area contributed by atoms with Crippen molar-refractivity contribution < 1.29 is 19.1 Å². The minimum absolute atomic E-state index is 0.261. The number of benzene rings is 1. The lowest BCUT2D eigenvalue weighted by Gasteiger charge is -2.19. The highest BCUT2D eigenvalue weighted by Gasteiger charge is 2.17. The molecular formula is C15H20O4. The molecule has 0 saturated carbocycles. The van der Waals surface area contributed by atoms with Crippen molar-refractivity contribution in [2.24, 2.45) is 0 Å². The van der Waals surface area contributed by atoms with Crippen LogP contribution in [0.15, 0.2) is 24.3 Å². The minimum Gasteiger partial charge on any atom is -0.469 e. The van der Waals surface area contributed by atoms with Crippen molar-refractivity contribution in [3.05, 3.63) is 35.4 Å². The maximum Gasteiger partial charge on any atom is 0.338 e. The highest BCUT2D eigenvalue weighted by atomic mass is 16.6. The highest BCUT2D eigenvalue weighted by Crippen LogP contribution is 2.14. The number of rotatable bonds is 4. The van der Waals surface area contributed by atoms with Gasteiger partial charge in [-0.1, -0.05) is 12.1 Å². The van der Waals surface area contributed by atoms with Crippen molar-refractivity contribution in [3.63, 3.8) is 0 Å². The molecule has 0 amide bonds. The van der Waals surface area contributed by atoms with Gasteiger partial charge in [0.25, 0.3) is 0 Å². The van der Waals surface area contributed by atoms with Crippen molar-refractivity contribution in [2.45, 2.75) is 39.2 Å². The van der Waals surface area contributed by atoms with Crippen LogP contribution in [0, 0.1) is 0 Å². The van der Waals surface area contributed by atoms with Crippen LogP contribution in [-0.2, 0) is 20.7 Å². The Bertz CT molecular complexity index is 457. The summed E-state index contributed by atoms with van der Waals surface area (Å²) >= 11 is 0. The van der Waals surface area contributed by atoms with Crippen molar-refractivity contribution in [3.8, 4) is 0 Å². The number of carbonyl (C=O) groups excluding carboxylic acids is 2. The van der Waals surface area contributed by atoms with Crippen LogP contribution in [0.5, 0.6) is 0 Å². The molecule has 0 heterocycles. The van der Waals surface area contributed by atoms with E-state index in [1.54, 1.807) is 18.2 Å². The molecule has 19 heavy (non-hydrogen) atoms. The first-order valence-corrected chi connectivity index (χ1v) is 6.21. The second-order valence-electron chi connectivity index (χ2n) is 5.28. The van der Waals surface area contributed by atoms with Crippen LogP contribution >= 0.6 is 0 Å². The van der Waals surface area contributed by atoms with Gasteiger partial charge in [0.2, 0.25) is 0 Å². The van der Waals surface area contributed by atoms with Crippen LogP contribution in [0.3, 0.4) is 0 Å². The standard InChI is InChI=1S/C15H20O4/c1-15(2,3)19-14(17)12-7-5-6-11(10-12)8-9-13(16)18-4/h5-7,10H,8-9H2,1-4H3. The van der Waals surface area contributed by atoms with Crippen LogP contribution in [0.4, 0.5) is 0 Å². The lowest BCUT2D eigenvalue weighted by atomic mass is 10.1. The molecule has 0 fully saturated rings. The second-order valence-corrected chi connectivity index (χ2v) is 5.28. The summed E-state index contributed by atoms with van der Waals surface area (Å²) in [5.74, 6) is -0.616. The molecule has 1 aromatic rings. The lowest BCUT2D eigenvalue weighted by Crippen LogP contribution is -2.23. The average Bonchev–Trinajstić information content (AvgIpc) is 2.34. The van der Waals surface area contributed by atoms with Gasteiger partial charge < -0.3 is 9.47 Å². The first kappa shape index (κ1) is 15.2. The van der Waals surface area contributed by atoms with E-state index in [-0.39, 0.29) is 11.9 Å². The quantitative estimate of drug-likeness (QED) is 0.785. The number of hydrogen-bond acceptors (Lipinski definition) is 4. The average molecular weight is 264 g/mol. The zero-order valence-corrected chi connectivity index (χ0v) is 11.9. The number of ether oxygens (including phenoxy) is 2. The Balaban J connectivity index is 2.71. The van der Waals surface area contributed by atoms with Gasteiger partial charge in [0.1, 0.15) is 5.60 Å². The smallest absolute Gasteiger partial charge is 0.338 e. The zero-order valence-electron chi connectivity index (χ0n) is 11.9. The lowest BCUT2D eigenvalue weighted by molar-refractivity contribution is -0.140. The first-order valence-electron chi connectivity index (χ1n) is 6.21. The number of carbonyl (C=O) groups is 2. The normalized spacial score (nSPS) is 10.9. The fraction of sp³-hybridized carbons (Fsp3) is 0.467. The highest BCUT2D eigenvalue weighted by molar-refractivity contribution is 5.89. The Morgan fingerprint density at radius 1 is 1.21 bits per heavy atom. The summed E-state index contributed by atoms with van der Waals surface area (Å²) in [4.78, 5) is 23.0. The van der Waals surface area contributed by atoms with E-state index in [4.69, 9.17) is 4.74 Å². The van der Waals surface area contributed by atoms with Gasteiger partial charge in [0, 0.05) is 6.42 Å². The summed E-state index contributed by atoms with van der Waals surface area (Å²) in [5, 5.41) is 0. The molecule has 0 unspecified atom stereocenters. The van der Waals surface area contributed by atoms with Crippen LogP contribution in [-0.4, -0.2) is 24.6 Å². The van der Waals surface area contributed by atoms with E-state index in [2.05, 4.69) is 4.74 Å². The molecule has 4 heteroatoms. The predicted octanol–water partition coefficient (Wildman–Crippen LogP) is 2.75. The molecule has 0 aliphatic carbocycles. The maximum atomic E-state index is 11.9. The predicted molar refractivity (Wildman–Crippen MR) is 71.9 cm³/mol. The van der Waals surface area contributed by atoms with Crippen LogP contribution in [0.2, 0.25) is 0 Å². The second kappa shape index (κ2) is 6.36. The van der Waals surface area contributed by atoms with E-state index < -0.39 is 5.60 Å². The molecule has 0 radical (unpaired) electrons. The summed E-state index contributed by atoms with van der Waals surface area (Å²) in [6.07, 6.45) is 0.845. The van der Waals surface area contributed by atoms with E-state index >= 15 is 0 Å². The fourth-order valence-corrected chi connectivity index (χ4v) is 1.54. The molecule has 4 nitrogen and oxygen atoms in total. The summed E-state index contributed by atoms with van der Waals surface area (Å²) in [6.45, 7) is 5.48. The molecule has 104 valence electrons. The number of hydrogen-bond donors (Lipinski definition) is 0. The Labute approximate surface area is 113 Å². The third-order valence-corrected chi connectivity index (χ3v) is 2.41. The molecule has 0 aliphatic rings. The van der Waals surface area contributed by atoms with Gasteiger partial charge in [-0.25, -0.2) is 4.79 Å². The molecule has 0 aromatic heterocycles. The van der Waals surface area contributed by atoms with Crippen LogP contribution < -0.4 is 0 Å². The fourth-order valence-electron chi connectivity index (χ4n) is 1.54. The largest absolute Gasteiger partial charge is 0.469 e. The number of esters is 2. The van der Waals surface area contributed by atoms with E-state index in [1.165, 1.54) is 7.11 Å². The van der Waals surface area contributed by atoms with E-state index in [1.807, 2.05) is 26.8 Å². The first-order chi connectivity index (χ1) is 8.81. The summed E-state index contributed by atoms with van der Waals surface area (Å²) in [7, 11) is 1.36. The molecule has 0 bridgehead atoms. The van der Waals surface area contributed by atoms with Gasteiger partial charge in [-0.3, -0.25) is 4.79 Å². The van der Waals surface area contributed by atoms with Crippen molar-refractivity contribution in [2.75, 3.05) is 7.11 Å². The van der Waals surface area contributed by atoms with Crippen LogP contribution in [0.25, 0.3) is 0 Å². The zero-order chi connectivity index (χ0) is 14.5. The Kier molecular flexibility index (Phi) is 5.10. The maximum absolute atomic E-state index is 11.9. The van der Waals surface area contributed by atoms with Crippen molar-refractivity contribution in [1.82, 2.24) is 0 Å². The van der Waals surface area contributed by atoms with E-state index in [0.717, 1.165) is 5.56 Å². The third-order valence-electron chi connectivity index (χ3n) is 2.41. The summed E-state index contributed by atoms with van der Waals surface area (Å²) in [5.41, 5.74) is 0.894. The molecule has 0 aliphatic heterocycles. The topological polar surface area (TPSA) is 52.6 Å². The number of methoxy groups -OCH3 is 1. The van der Waals surface area contributed by atoms with Gasteiger partial charge in [-0.15, -0.1) is 0 Å². The van der Waals surface area contributed by atoms with Gasteiger partial charge in [0.05, 0.1) is 12.7 Å². The Morgan fingerprint density at radius 2 is 1.89 bits per heavy atom. The molecule has 0 atom stereocenters. The monoisotopic (exact) mass is 264 g/mol. The molecule has 0 saturated heterocycles. The molecule has 1 aromatic carbocycles. The van der Waals surface area contributed by atoms with Gasteiger partial charge in [-0.2, -0.15) is 0 Å². The van der Waals surface area contributed by atoms with E-state index in [0.29, 0.717) is 18.4 Å². The van der Waals surface area contributed by atoms with Crippen molar-refractivity contribution in [1.29, 1.82) is 0 Å². The van der Waals surface area contributed by atoms with Gasteiger partial charge >= 0.3 is 11.9 Å². The number of aryl methyl sites for hydroxylation is 1. The molecule has 0 spiro atoms.